The normalized spacial score (nSPS) is 13.1. The van der Waals surface area contributed by atoms with Gasteiger partial charge < -0.3 is 19.9 Å². The molecule has 0 saturated carbocycles. The van der Waals surface area contributed by atoms with E-state index in [2.05, 4.69) is 9.71 Å². The van der Waals surface area contributed by atoms with Gasteiger partial charge in [-0.1, -0.05) is 18.2 Å². The van der Waals surface area contributed by atoms with Crippen LogP contribution in [0.25, 0.3) is 0 Å². The Balaban J connectivity index is 2.23. The maximum Gasteiger partial charge on any atom is 0.316 e. The van der Waals surface area contributed by atoms with Crippen LogP contribution in [0.4, 0.5) is 5.69 Å². The highest BCUT2D eigenvalue weighted by atomic mass is 32.2. The van der Waals surface area contributed by atoms with Crippen molar-refractivity contribution >= 4 is 21.7 Å². The van der Waals surface area contributed by atoms with E-state index in [0.717, 1.165) is 12.3 Å². The summed E-state index contributed by atoms with van der Waals surface area (Å²) in [6.07, 6.45) is 1.11. The van der Waals surface area contributed by atoms with Gasteiger partial charge in [0, 0.05) is 17.3 Å². The number of nitrogens with zero attached hydrogens (tertiary/aromatic N) is 1. The molecule has 0 radical (unpaired) electrons. The van der Waals surface area contributed by atoms with Gasteiger partial charge >= 0.3 is 10.0 Å². The fourth-order valence-corrected chi connectivity index (χ4v) is 2.39. The number of amidine groups is 1. The quantitative estimate of drug-likeness (QED) is 0.641. The zero-order valence-electron chi connectivity index (χ0n) is 12.0. The monoisotopic (exact) mass is 323 g/mol. The summed E-state index contributed by atoms with van der Waals surface area (Å²) in [7, 11) is -4.28. The molecule has 8 heteroatoms. The lowest BCUT2D eigenvalue weighted by Gasteiger charge is -2.13. The van der Waals surface area contributed by atoms with E-state index < -0.39 is 26.7 Å². The molecule has 2 rings (SSSR count). The highest BCUT2D eigenvalue weighted by molar-refractivity contribution is 7.90. The number of hydrogen-bond donors (Lipinski definition) is 2. The topological polar surface area (TPSA) is 115 Å². The molecule has 0 amide bonds. The first-order chi connectivity index (χ1) is 10.2. The molecular weight excluding hydrogens is 308 g/mol. The summed E-state index contributed by atoms with van der Waals surface area (Å²) in [6, 6.07) is 8.42. The molecule has 2 N–H and O–H groups in total. The lowest BCUT2D eigenvalue weighted by atomic mass is 10.0. The highest BCUT2D eigenvalue weighted by Crippen LogP contribution is 2.25. The van der Waals surface area contributed by atoms with E-state index in [0.29, 0.717) is 5.69 Å². The highest BCUT2D eigenvalue weighted by Gasteiger charge is 2.24. The van der Waals surface area contributed by atoms with E-state index in [9.17, 15) is 18.6 Å². The number of para-hydroxylation sites is 1. The van der Waals surface area contributed by atoms with Gasteiger partial charge in [0.1, 0.15) is 0 Å². The number of hydrogen-bond acceptors (Lipinski definition) is 5. The Bertz CT molecular complexity index is 773. The molecule has 0 unspecified atom stereocenters. The molecule has 0 bridgehead atoms. The molecule has 0 aliphatic carbocycles. The van der Waals surface area contributed by atoms with Gasteiger partial charge in [-0.25, -0.2) is 0 Å². The summed E-state index contributed by atoms with van der Waals surface area (Å²) < 4.78 is 31.9. The van der Waals surface area contributed by atoms with Crippen molar-refractivity contribution in [3.8, 4) is 0 Å². The molecule has 0 saturated heterocycles. The van der Waals surface area contributed by atoms with Crippen LogP contribution in [-0.2, 0) is 15.6 Å². The summed E-state index contributed by atoms with van der Waals surface area (Å²) in [5.41, 5.74) is -0.573. The van der Waals surface area contributed by atoms with Gasteiger partial charge in [0.2, 0.25) is 5.09 Å². The maximum atomic E-state index is 12.0. The number of anilines is 1. The SMILES string of the molecule is CC(C)(O)c1coc(S(=O)(=O)/N=C(\[O-])Nc2ccccc2)c1. The number of sulfonamides is 1. The molecule has 22 heavy (non-hydrogen) atoms. The van der Waals surface area contributed by atoms with E-state index in [4.69, 9.17) is 4.42 Å². The zero-order chi connectivity index (χ0) is 16.4. The summed E-state index contributed by atoms with van der Waals surface area (Å²) in [5, 5.41) is 23.3. The lowest BCUT2D eigenvalue weighted by molar-refractivity contribution is -0.213. The minimum Gasteiger partial charge on any atom is -0.845 e. The van der Waals surface area contributed by atoms with E-state index in [-0.39, 0.29) is 5.56 Å². The smallest absolute Gasteiger partial charge is 0.316 e. The van der Waals surface area contributed by atoms with Crippen LogP contribution < -0.4 is 10.4 Å². The average molecular weight is 323 g/mol. The average Bonchev–Trinajstić information content (AvgIpc) is 2.89. The Morgan fingerprint density at radius 1 is 1.32 bits per heavy atom. The first-order valence-corrected chi connectivity index (χ1v) is 7.78. The van der Waals surface area contributed by atoms with Crippen LogP contribution in [0.3, 0.4) is 0 Å². The van der Waals surface area contributed by atoms with E-state index in [1.54, 1.807) is 30.3 Å². The minimum absolute atomic E-state index is 0.268. The molecule has 2 aromatic rings. The van der Waals surface area contributed by atoms with Crippen molar-refractivity contribution < 1.29 is 23.0 Å². The molecule has 0 aliphatic heterocycles. The van der Waals surface area contributed by atoms with Crippen molar-refractivity contribution in [2.24, 2.45) is 4.40 Å². The number of furan rings is 1. The molecule has 1 heterocycles. The second kappa shape index (κ2) is 5.82. The molecule has 1 aromatic carbocycles. The van der Waals surface area contributed by atoms with Crippen LogP contribution in [0.15, 0.2) is 56.6 Å². The number of benzene rings is 1. The van der Waals surface area contributed by atoms with Crippen LogP contribution >= 0.6 is 0 Å². The van der Waals surface area contributed by atoms with Crippen molar-refractivity contribution in [1.82, 2.24) is 0 Å². The first-order valence-electron chi connectivity index (χ1n) is 6.34. The fraction of sp³-hybridized carbons (Fsp3) is 0.214. The van der Waals surface area contributed by atoms with Gasteiger partial charge in [0.05, 0.1) is 17.9 Å². The van der Waals surface area contributed by atoms with Gasteiger partial charge in [0.15, 0.2) is 0 Å². The zero-order valence-corrected chi connectivity index (χ0v) is 12.8. The van der Waals surface area contributed by atoms with Crippen LogP contribution in [0.1, 0.15) is 19.4 Å². The van der Waals surface area contributed by atoms with Crippen molar-refractivity contribution in [3.05, 3.63) is 48.2 Å². The van der Waals surface area contributed by atoms with Gasteiger partial charge in [-0.3, -0.25) is 0 Å². The molecule has 0 aliphatic rings. The predicted octanol–water partition coefficient (Wildman–Crippen LogP) is 1.02. The van der Waals surface area contributed by atoms with Crippen molar-refractivity contribution in [2.75, 3.05) is 5.32 Å². The first kappa shape index (κ1) is 16.1. The molecular formula is C14H15N2O5S-. The van der Waals surface area contributed by atoms with E-state index in [1.165, 1.54) is 13.8 Å². The van der Waals surface area contributed by atoms with Crippen molar-refractivity contribution in [1.29, 1.82) is 0 Å². The Labute approximate surface area is 128 Å². The Kier molecular flexibility index (Phi) is 4.25. The molecule has 7 nitrogen and oxygen atoms in total. The molecule has 0 fully saturated rings. The van der Waals surface area contributed by atoms with Crippen LogP contribution in [-0.4, -0.2) is 19.5 Å². The van der Waals surface area contributed by atoms with Gasteiger partial charge in [0.25, 0.3) is 0 Å². The van der Waals surface area contributed by atoms with Gasteiger partial charge in [-0.15, -0.1) is 0 Å². The summed E-state index contributed by atoms with van der Waals surface area (Å²) >= 11 is 0. The molecule has 118 valence electrons. The lowest BCUT2D eigenvalue weighted by Crippen LogP contribution is -2.28. The third-order valence-electron chi connectivity index (χ3n) is 2.76. The van der Waals surface area contributed by atoms with Crippen molar-refractivity contribution in [3.63, 3.8) is 0 Å². The standard InChI is InChI=1S/C14H16N2O5S/c1-14(2,18)10-8-12(21-9-10)22(19,20)16-13(17)15-11-6-4-3-5-7-11/h3-9,18H,1-2H3,(H2,15,16,17)/p-1. The summed E-state index contributed by atoms with van der Waals surface area (Å²) in [4.78, 5) is 0. The molecule has 1 aromatic heterocycles. The van der Waals surface area contributed by atoms with E-state index >= 15 is 0 Å². The van der Waals surface area contributed by atoms with Gasteiger partial charge in [-0.05, 0) is 26.0 Å². The van der Waals surface area contributed by atoms with Gasteiger partial charge in [-0.2, -0.15) is 12.8 Å². The van der Waals surface area contributed by atoms with Crippen LogP contribution in [0.2, 0.25) is 0 Å². The molecule has 0 atom stereocenters. The summed E-state index contributed by atoms with van der Waals surface area (Å²) in [6.45, 7) is 2.96. The summed E-state index contributed by atoms with van der Waals surface area (Å²) in [5.74, 6) is 0. The number of aliphatic hydroxyl groups is 1. The fourth-order valence-electron chi connectivity index (χ4n) is 1.59. The second-order valence-electron chi connectivity index (χ2n) is 5.08. The largest absolute Gasteiger partial charge is 0.845 e. The predicted molar refractivity (Wildman–Crippen MR) is 78.6 cm³/mol. The van der Waals surface area contributed by atoms with Crippen LogP contribution in [0, 0.1) is 0 Å². The Hall–Kier alpha value is -2.32. The number of nitrogens with one attached hydrogen (secondary N) is 1. The minimum atomic E-state index is -4.28. The third-order valence-corrected chi connectivity index (χ3v) is 3.89. The van der Waals surface area contributed by atoms with Crippen molar-refractivity contribution in [2.45, 2.75) is 24.5 Å². The van der Waals surface area contributed by atoms with Crippen LogP contribution in [0.5, 0.6) is 0 Å². The Morgan fingerprint density at radius 3 is 2.50 bits per heavy atom. The maximum absolute atomic E-state index is 12.0. The third kappa shape index (κ3) is 3.86. The Morgan fingerprint density at radius 2 is 1.95 bits per heavy atom. The second-order valence-corrected chi connectivity index (χ2v) is 6.61. The number of rotatable bonds is 4. The molecule has 0 spiro atoms. The van der Waals surface area contributed by atoms with E-state index in [1.807, 2.05) is 0 Å².